The van der Waals surface area contributed by atoms with E-state index >= 15 is 0 Å². The highest BCUT2D eigenvalue weighted by atomic mass is 16.3. The van der Waals surface area contributed by atoms with E-state index in [1.54, 1.807) is 0 Å². The fourth-order valence-corrected chi connectivity index (χ4v) is 4.72. The fourth-order valence-electron chi connectivity index (χ4n) is 4.72. The topological polar surface area (TPSA) is 45.5 Å². The molecule has 0 bridgehead atoms. The van der Waals surface area contributed by atoms with Crippen LogP contribution in [0, 0.1) is 5.92 Å². The number of aromatic nitrogens is 1. The Hall–Kier alpha value is -2.07. The summed E-state index contributed by atoms with van der Waals surface area (Å²) in [5.74, 6) is 0.441. The number of carbonyl (C=O) groups excluding carboxylic acids is 1. The van der Waals surface area contributed by atoms with Gasteiger partial charge in [-0.1, -0.05) is 43.2 Å². The molecule has 1 saturated heterocycles. The Labute approximate surface area is 155 Å². The number of hydrogen-bond donors (Lipinski definition) is 1. The van der Waals surface area contributed by atoms with E-state index < -0.39 is 5.60 Å². The van der Waals surface area contributed by atoms with Crippen molar-refractivity contribution in [3.63, 3.8) is 0 Å². The number of hydrogen-bond acceptors (Lipinski definition) is 2. The van der Waals surface area contributed by atoms with Crippen molar-refractivity contribution in [2.24, 2.45) is 5.92 Å². The minimum absolute atomic E-state index is 0.0193. The molecule has 138 valence electrons. The summed E-state index contributed by atoms with van der Waals surface area (Å²) in [6.07, 6.45) is 9.47. The molecule has 0 radical (unpaired) electrons. The highest BCUT2D eigenvalue weighted by Crippen LogP contribution is 2.40. The second-order valence-electron chi connectivity index (χ2n) is 7.90. The lowest BCUT2D eigenvalue weighted by atomic mass is 9.71. The van der Waals surface area contributed by atoms with E-state index in [0.29, 0.717) is 19.5 Å². The monoisotopic (exact) mass is 352 g/mol. The summed E-state index contributed by atoms with van der Waals surface area (Å²) < 4.78 is 2.12. The summed E-state index contributed by atoms with van der Waals surface area (Å²) >= 11 is 0. The van der Waals surface area contributed by atoms with E-state index in [9.17, 15) is 9.90 Å². The highest BCUT2D eigenvalue weighted by Gasteiger charge is 2.43. The van der Waals surface area contributed by atoms with Crippen LogP contribution in [0.5, 0.6) is 0 Å². The van der Waals surface area contributed by atoms with Gasteiger partial charge in [-0.2, -0.15) is 0 Å². The molecule has 1 aromatic carbocycles. The van der Waals surface area contributed by atoms with Gasteiger partial charge in [0.05, 0.1) is 18.1 Å². The van der Waals surface area contributed by atoms with Crippen LogP contribution in [0.15, 0.2) is 54.9 Å². The zero-order valence-electron chi connectivity index (χ0n) is 15.3. The Kier molecular flexibility index (Phi) is 4.86. The zero-order valence-corrected chi connectivity index (χ0v) is 15.3. The van der Waals surface area contributed by atoms with Crippen LogP contribution in [0.1, 0.15) is 50.1 Å². The lowest BCUT2D eigenvalue weighted by molar-refractivity contribution is -0.143. The molecule has 4 nitrogen and oxygen atoms in total. The van der Waals surface area contributed by atoms with Crippen molar-refractivity contribution in [3.05, 3.63) is 60.4 Å². The maximum Gasteiger partial charge on any atom is 0.225 e. The standard InChI is InChI=1S/C22H28N2O2/c25-21(24-15-12-22(26)11-5-4-10-19(22)17-24)16-20(23-13-6-7-14-23)18-8-2-1-3-9-18/h1-3,6-9,13-14,19-20,26H,4-5,10-12,15-17H2/t19-,20?,22-/m0/s1. The summed E-state index contributed by atoms with van der Waals surface area (Å²) in [5.41, 5.74) is 0.622. The van der Waals surface area contributed by atoms with Gasteiger partial charge in [0, 0.05) is 31.4 Å². The molecule has 2 heterocycles. The molecular formula is C22H28N2O2. The number of amides is 1. The molecule has 3 atom stereocenters. The minimum Gasteiger partial charge on any atom is -0.389 e. The largest absolute Gasteiger partial charge is 0.389 e. The molecule has 1 aliphatic carbocycles. The summed E-state index contributed by atoms with van der Waals surface area (Å²) in [7, 11) is 0. The smallest absolute Gasteiger partial charge is 0.225 e. The second kappa shape index (κ2) is 7.28. The average molecular weight is 352 g/mol. The summed E-state index contributed by atoms with van der Waals surface area (Å²) in [5, 5.41) is 10.9. The third-order valence-corrected chi connectivity index (χ3v) is 6.32. The van der Waals surface area contributed by atoms with E-state index in [1.807, 2.05) is 47.6 Å². The van der Waals surface area contributed by atoms with Crippen LogP contribution >= 0.6 is 0 Å². The van der Waals surface area contributed by atoms with Gasteiger partial charge in [-0.3, -0.25) is 4.79 Å². The quantitative estimate of drug-likeness (QED) is 0.913. The maximum atomic E-state index is 13.1. The molecule has 2 fully saturated rings. The summed E-state index contributed by atoms with van der Waals surface area (Å²) in [6.45, 7) is 1.39. The SMILES string of the molecule is O=C(CC(c1ccccc1)n1cccc1)N1CC[C@@]2(O)CCCC[C@H]2C1. The number of piperidine rings is 1. The Morgan fingerprint density at radius 2 is 1.88 bits per heavy atom. The van der Waals surface area contributed by atoms with Gasteiger partial charge in [-0.15, -0.1) is 0 Å². The number of rotatable bonds is 4. The van der Waals surface area contributed by atoms with E-state index in [1.165, 1.54) is 6.42 Å². The number of aliphatic hydroxyl groups is 1. The second-order valence-corrected chi connectivity index (χ2v) is 7.90. The van der Waals surface area contributed by atoms with E-state index in [-0.39, 0.29) is 17.9 Å². The van der Waals surface area contributed by atoms with Crippen molar-refractivity contribution in [2.45, 2.75) is 50.2 Å². The Bertz CT molecular complexity index is 728. The molecule has 1 unspecified atom stereocenters. The van der Waals surface area contributed by atoms with Gasteiger partial charge in [0.1, 0.15) is 0 Å². The first kappa shape index (κ1) is 17.3. The molecule has 2 aromatic rings. The van der Waals surface area contributed by atoms with Crippen LogP contribution in [0.2, 0.25) is 0 Å². The maximum absolute atomic E-state index is 13.1. The molecule has 1 aromatic heterocycles. The molecule has 0 spiro atoms. The summed E-state index contributed by atoms with van der Waals surface area (Å²) in [6, 6.07) is 14.3. The van der Waals surface area contributed by atoms with Crippen molar-refractivity contribution >= 4 is 5.91 Å². The number of fused-ring (bicyclic) bond motifs is 1. The number of likely N-dealkylation sites (tertiary alicyclic amines) is 1. The van der Waals surface area contributed by atoms with Gasteiger partial charge < -0.3 is 14.6 Å². The van der Waals surface area contributed by atoms with Gasteiger partial charge in [0.2, 0.25) is 5.91 Å². The predicted octanol–water partition coefficient (Wildman–Crippen LogP) is 3.62. The molecule has 26 heavy (non-hydrogen) atoms. The Morgan fingerprint density at radius 1 is 1.12 bits per heavy atom. The predicted molar refractivity (Wildman–Crippen MR) is 102 cm³/mol. The van der Waals surface area contributed by atoms with Gasteiger partial charge >= 0.3 is 0 Å². The molecule has 1 saturated carbocycles. The molecule has 1 amide bonds. The average Bonchev–Trinajstić information content (AvgIpc) is 3.20. The first-order chi connectivity index (χ1) is 12.7. The van der Waals surface area contributed by atoms with Crippen LogP contribution in [0.4, 0.5) is 0 Å². The first-order valence-corrected chi connectivity index (χ1v) is 9.83. The number of benzene rings is 1. The van der Waals surface area contributed by atoms with Crippen molar-refractivity contribution in [2.75, 3.05) is 13.1 Å². The molecule has 4 rings (SSSR count). The van der Waals surface area contributed by atoms with Crippen molar-refractivity contribution < 1.29 is 9.90 Å². The van der Waals surface area contributed by atoms with Crippen LogP contribution in [-0.4, -0.2) is 39.2 Å². The van der Waals surface area contributed by atoms with Gasteiger partial charge in [-0.25, -0.2) is 0 Å². The third-order valence-electron chi connectivity index (χ3n) is 6.32. The highest BCUT2D eigenvalue weighted by molar-refractivity contribution is 5.77. The Balaban J connectivity index is 1.49. The lowest BCUT2D eigenvalue weighted by Gasteiger charge is -2.47. The molecular weight excluding hydrogens is 324 g/mol. The van der Waals surface area contributed by atoms with Crippen molar-refractivity contribution in [1.29, 1.82) is 0 Å². The first-order valence-electron chi connectivity index (χ1n) is 9.83. The third kappa shape index (κ3) is 3.43. The number of carbonyl (C=O) groups is 1. The summed E-state index contributed by atoms with van der Waals surface area (Å²) in [4.78, 5) is 15.1. The fraction of sp³-hybridized carbons (Fsp3) is 0.500. The zero-order chi connectivity index (χ0) is 18.0. The van der Waals surface area contributed by atoms with Crippen LogP contribution in [0.25, 0.3) is 0 Å². The van der Waals surface area contributed by atoms with E-state index in [4.69, 9.17) is 0 Å². The van der Waals surface area contributed by atoms with Crippen LogP contribution < -0.4 is 0 Å². The normalized spacial score (nSPS) is 27.0. The van der Waals surface area contributed by atoms with E-state index in [0.717, 1.165) is 31.2 Å². The Morgan fingerprint density at radius 3 is 2.65 bits per heavy atom. The van der Waals surface area contributed by atoms with Crippen molar-refractivity contribution in [1.82, 2.24) is 9.47 Å². The van der Waals surface area contributed by atoms with Gasteiger partial charge in [0.25, 0.3) is 0 Å². The minimum atomic E-state index is -0.533. The van der Waals surface area contributed by atoms with Crippen LogP contribution in [-0.2, 0) is 4.79 Å². The van der Waals surface area contributed by atoms with Gasteiger partial charge in [0.15, 0.2) is 0 Å². The lowest BCUT2D eigenvalue weighted by Crippen LogP contribution is -2.54. The molecule has 1 aliphatic heterocycles. The van der Waals surface area contributed by atoms with E-state index in [2.05, 4.69) is 16.7 Å². The molecule has 2 aliphatic rings. The van der Waals surface area contributed by atoms with Crippen molar-refractivity contribution in [3.8, 4) is 0 Å². The molecule has 4 heteroatoms. The number of nitrogens with zero attached hydrogens (tertiary/aromatic N) is 2. The molecule has 1 N–H and O–H groups in total. The van der Waals surface area contributed by atoms with Crippen LogP contribution in [0.3, 0.4) is 0 Å². The van der Waals surface area contributed by atoms with Gasteiger partial charge in [-0.05, 0) is 37.0 Å².